The molecule has 1 fully saturated rings. The topological polar surface area (TPSA) is 12.9 Å². The van der Waals surface area contributed by atoms with Crippen LogP contribution in [0.4, 0.5) is 0 Å². The van der Waals surface area contributed by atoms with Crippen molar-refractivity contribution < 1.29 is 0 Å². The number of pyridine rings is 1. The summed E-state index contributed by atoms with van der Waals surface area (Å²) in [7, 11) is 0. The number of rotatable bonds is 6. The molecule has 0 saturated heterocycles. The molecule has 0 aromatic carbocycles. The molecule has 1 heteroatoms. The van der Waals surface area contributed by atoms with Gasteiger partial charge in [-0.15, -0.1) is 0 Å². The molecule has 0 spiro atoms. The Morgan fingerprint density at radius 3 is 2.47 bits per heavy atom. The molecule has 1 nitrogen and oxygen atoms in total. The Kier molecular flexibility index (Phi) is 5.88. The zero-order valence-corrected chi connectivity index (χ0v) is 12.6. The maximum absolute atomic E-state index is 4.13. The third-order valence-electron chi connectivity index (χ3n) is 5.06. The van der Waals surface area contributed by atoms with Crippen LogP contribution >= 0.6 is 0 Å². The molecule has 1 aliphatic rings. The first-order valence-electron chi connectivity index (χ1n) is 8.18. The van der Waals surface area contributed by atoms with Crippen LogP contribution in [0.15, 0.2) is 24.5 Å². The second-order valence-electron chi connectivity index (χ2n) is 6.44. The third kappa shape index (κ3) is 4.63. The summed E-state index contributed by atoms with van der Waals surface area (Å²) in [4.78, 5) is 4.13. The fraction of sp³-hybridized carbons (Fsp3) is 0.722. The summed E-state index contributed by atoms with van der Waals surface area (Å²) in [5.74, 6) is 2.69. The molecule has 1 saturated carbocycles. The highest BCUT2D eigenvalue weighted by Crippen LogP contribution is 2.34. The molecule has 1 aromatic heterocycles. The van der Waals surface area contributed by atoms with Crippen LogP contribution in [-0.4, -0.2) is 4.98 Å². The minimum atomic E-state index is 0.843. The lowest BCUT2D eigenvalue weighted by atomic mass is 9.76. The van der Waals surface area contributed by atoms with Gasteiger partial charge in [0.25, 0.3) is 0 Å². The van der Waals surface area contributed by atoms with Gasteiger partial charge in [-0.05, 0) is 48.3 Å². The summed E-state index contributed by atoms with van der Waals surface area (Å²) in [6, 6.07) is 4.38. The average molecular weight is 259 g/mol. The standard InChI is InChI=1S/C18H29N/c1-3-15(2)18(13-16-7-5-4-6-8-16)14-17-9-11-19-12-10-17/h9-12,15-16,18H,3-8,13-14H2,1-2H3. The lowest BCUT2D eigenvalue weighted by molar-refractivity contribution is 0.233. The molecule has 1 aromatic rings. The lowest BCUT2D eigenvalue weighted by Gasteiger charge is -2.30. The van der Waals surface area contributed by atoms with Gasteiger partial charge in [-0.3, -0.25) is 4.98 Å². The summed E-state index contributed by atoms with van der Waals surface area (Å²) >= 11 is 0. The fourth-order valence-corrected chi connectivity index (χ4v) is 3.52. The van der Waals surface area contributed by atoms with Gasteiger partial charge in [0.1, 0.15) is 0 Å². The molecule has 1 heterocycles. The Labute approximate surface area is 118 Å². The third-order valence-corrected chi connectivity index (χ3v) is 5.06. The van der Waals surface area contributed by atoms with Gasteiger partial charge in [0.05, 0.1) is 0 Å². The van der Waals surface area contributed by atoms with Crippen LogP contribution in [0.2, 0.25) is 0 Å². The Hall–Kier alpha value is -0.850. The summed E-state index contributed by atoms with van der Waals surface area (Å²) in [5, 5.41) is 0. The first-order chi connectivity index (χ1) is 9.29. The van der Waals surface area contributed by atoms with Gasteiger partial charge in [-0.2, -0.15) is 0 Å². The second-order valence-corrected chi connectivity index (χ2v) is 6.44. The minimum Gasteiger partial charge on any atom is -0.265 e. The molecule has 1 aliphatic carbocycles. The molecule has 0 amide bonds. The van der Waals surface area contributed by atoms with Crippen molar-refractivity contribution in [2.24, 2.45) is 17.8 Å². The van der Waals surface area contributed by atoms with E-state index in [1.54, 1.807) is 0 Å². The lowest BCUT2D eigenvalue weighted by Crippen LogP contribution is -2.20. The van der Waals surface area contributed by atoms with E-state index in [4.69, 9.17) is 0 Å². The molecule has 0 aliphatic heterocycles. The molecular weight excluding hydrogens is 230 g/mol. The van der Waals surface area contributed by atoms with Crippen LogP contribution in [0.3, 0.4) is 0 Å². The molecule has 2 atom stereocenters. The maximum atomic E-state index is 4.13. The predicted octanol–water partition coefficient (Wildman–Crippen LogP) is 5.26. The summed E-state index contributed by atoms with van der Waals surface area (Å²) < 4.78 is 0. The monoisotopic (exact) mass is 259 g/mol. The van der Waals surface area contributed by atoms with E-state index < -0.39 is 0 Å². The molecule has 106 valence electrons. The Bertz CT molecular complexity index is 340. The van der Waals surface area contributed by atoms with Crippen LogP contribution in [-0.2, 0) is 6.42 Å². The predicted molar refractivity (Wildman–Crippen MR) is 82.1 cm³/mol. The molecule has 0 radical (unpaired) electrons. The highest BCUT2D eigenvalue weighted by Gasteiger charge is 2.22. The SMILES string of the molecule is CCC(C)C(Cc1ccncc1)CC1CCCCC1. The number of aromatic nitrogens is 1. The highest BCUT2D eigenvalue weighted by molar-refractivity contribution is 5.10. The number of nitrogens with zero attached hydrogens (tertiary/aromatic N) is 1. The quantitative estimate of drug-likeness (QED) is 0.679. The fourth-order valence-electron chi connectivity index (χ4n) is 3.52. The smallest absolute Gasteiger partial charge is 0.0270 e. The van der Waals surface area contributed by atoms with Crippen molar-refractivity contribution in [2.75, 3.05) is 0 Å². The average Bonchev–Trinajstić information content (AvgIpc) is 2.48. The van der Waals surface area contributed by atoms with Crippen molar-refractivity contribution in [3.05, 3.63) is 30.1 Å². The van der Waals surface area contributed by atoms with Gasteiger partial charge in [0.15, 0.2) is 0 Å². The van der Waals surface area contributed by atoms with E-state index in [1.807, 2.05) is 12.4 Å². The van der Waals surface area contributed by atoms with Crippen molar-refractivity contribution in [2.45, 2.75) is 65.2 Å². The van der Waals surface area contributed by atoms with Gasteiger partial charge >= 0.3 is 0 Å². The van der Waals surface area contributed by atoms with Crippen LogP contribution in [0.1, 0.15) is 64.4 Å². The summed E-state index contributed by atoms with van der Waals surface area (Å²) in [6.45, 7) is 4.78. The van der Waals surface area contributed by atoms with E-state index in [-0.39, 0.29) is 0 Å². The van der Waals surface area contributed by atoms with E-state index in [2.05, 4.69) is 31.0 Å². The van der Waals surface area contributed by atoms with Gasteiger partial charge in [-0.25, -0.2) is 0 Å². The van der Waals surface area contributed by atoms with E-state index in [0.29, 0.717) is 0 Å². The molecule has 2 unspecified atom stereocenters. The minimum absolute atomic E-state index is 0.843. The van der Waals surface area contributed by atoms with Gasteiger partial charge in [0, 0.05) is 12.4 Å². The van der Waals surface area contributed by atoms with Crippen LogP contribution in [0, 0.1) is 17.8 Å². The van der Waals surface area contributed by atoms with E-state index in [9.17, 15) is 0 Å². The van der Waals surface area contributed by atoms with E-state index >= 15 is 0 Å². The molecule has 19 heavy (non-hydrogen) atoms. The largest absolute Gasteiger partial charge is 0.265 e. The highest BCUT2D eigenvalue weighted by atomic mass is 14.6. The zero-order valence-electron chi connectivity index (χ0n) is 12.6. The van der Waals surface area contributed by atoms with Crippen LogP contribution in [0.25, 0.3) is 0 Å². The van der Waals surface area contributed by atoms with Gasteiger partial charge < -0.3 is 0 Å². The number of hydrogen-bond donors (Lipinski definition) is 0. The first-order valence-corrected chi connectivity index (χ1v) is 8.18. The Morgan fingerprint density at radius 2 is 1.84 bits per heavy atom. The van der Waals surface area contributed by atoms with E-state index in [1.165, 1.54) is 56.9 Å². The van der Waals surface area contributed by atoms with Crippen molar-refractivity contribution in [3.8, 4) is 0 Å². The van der Waals surface area contributed by atoms with Crippen molar-refractivity contribution in [3.63, 3.8) is 0 Å². The second kappa shape index (κ2) is 7.67. The first kappa shape index (κ1) is 14.6. The van der Waals surface area contributed by atoms with Gasteiger partial charge in [-0.1, -0.05) is 52.4 Å². The van der Waals surface area contributed by atoms with Crippen LogP contribution < -0.4 is 0 Å². The Morgan fingerprint density at radius 1 is 1.16 bits per heavy atom. The number of hydrogen-bond acceptors (Lipinski definition) is 1. The van der Waals surface area contributed by atoms with Crippen LogP contribution in [0.5, 0.6) is 0 Å². The molecule has 2 rings (SSSR count). The zero-order chi connectivity index (χ0) is 13.5. The molecular formula is C18H29N. The van der Waals surface area contributed by atoms with E-state index in [0.717, 1.165) is 17.8 Å². The summed E-state index contributed by atoms with van der Waals surface area (Å²) in [5.41, 5.74) is 1.47. The maximum Gasteiger partial charge on any atom is 0.0270 e. The van der Waals surface area contributed by atoms with Gasteiger partial charge in [0.2, 0.25) is 0 Å². The summed E-state index contributed by atoms with van der Waals surface area (Å²) in [6.07, 6.45) is 15.2. The molecule has 0 N–H and O–H groups in total. The van der Waals surface area contributed by atoms with Crippen molar-refractivity contribution >= 4 is 0 Å². The van der Waals surface area contributed by atoms with Crippen molar-refractivity contribution in [1.82, 2.24) is 4.98 Å². The normalized spacial score (nSPS) is 20.1. The Balaban J connectivity index is 1.95. The molecule has 0 bridgehead atoms. The van der Waals surface area contributed by atoms with Crippen molar-refractivity contribution in [1.29, 1.82) is 0 Å².